The van der Waals surface area contributed by atoms with E-state index < -0.39 is 10.1 Å². The molecule has 1 aromatic carbocycles. The lowest BCUT2D eigenvalue weighted by atomic mass is 9.87. The molecule has 2 atom stereocenters. The molecule has 3 rings (SSSR count). The molecule has 0 radical (unpaired) electrons. The second kappa shape index (κ2) is 8.90. The fourth-order valence-corrected chi connectivity index (χ4v) is 4.83. The van der Waals surface area contributed by atoms with Gasteiger partial charge < -0.3 is 4.90 Å². The molecule has 0 aromatic heterocycles. The highest BCUT2D eigenvalue weighted by Gasteiger charge is 2.37. The number of amides is 1. The molecule has 1 saturated heterocycles. The molecule has 2 unspecified atom stereocenters. The number of benzene rings is 1. The highest BCUT2D eigenvalue weighted by atomic mass is 32.2. The summed E-state index contributed by atoms with van der Waals surface area (Å²) in [5.41, 5.74) is 2.04. The van der Waals surface area contributed by atoms with E-state index in [2.05, 4.69) is 38.2 Å². The van der Waals surface area contributed by atoms with Gasteiger partial charge in [0.2, 0.25) is 5.91 Å². The van der Waals surface area contributed by atoms with Gasteiger partial charge in [-0.1, -0.05) is 68.8 Å². The van der Waals surface area contributed by atoms with Gasteiger partial charge in [-0.2, -0.15) is 8.42 Å². The van der Waals surface area contributed by atoms with E-state index in [9.17, 15) is 13.2 Å². The topological polar surface area (TPSA) is 63.7 Å². The maximum absolute atomic E-state index is 12.7. The molecule has 0 N–H and O–H groups in total. The highest BCUT2D eigenvalue weighted by Crippen LogP contribution is 2.34. The number of carbonyl (C=O) groups excluding carboxylic acids is 1. The summed E-state index contributed by atoms with van der Waals surface area (Å²) in [6, 6.07) is 6.64. The molecule has 1 heterocycles. The van der Waals surface area contributed by atoms with Crippen molar-refractivity contribution >= 4 is 16.0 Å². The van der Waals surface area contributed by atoms with E-state index in [1.807, 2.05) is 24.8 Å². The number of hydrogen-bond acceptors (Lipinski definition) is 4. The summed E-state index contributed by atoms with van der Waals surface area (Å²) < 4.78 is 30.8. The second-order valence-corrected chi connectivity index (χ2v) is 10.4. The van der Waals surface area contributed by atoms with Crippen molar-refractivity contribution in [1.29, 1.82) is 0 Å². The Balaban J connectivity index is 1.79. The summed E-state index contributed by atoms with van der Waals surface area (Å²) in [5.74, 6) is 0.0210. The smallest absolute Gasteiger partial charge is 0.296 e. The summed E-state index contributed by atoms with van der Waals surface area (Å²) in [6.45, 7) is 9.14. The average molecular weight is 430 g/mol. The van der Waals surface area contributed by atoms with E-state index in [1.165, 1.54) is 0 Å². The van der Waals surface area contributed by atoms with Crippen LogP contribution >= 0.6 is 0 Å². The van der Waals surface area contributed by atoms with E-state index in [0.29, 0.717) is 19.5 Å². The van der Waals surface area contributed by atoms with Crippen LogP contribution in [0.15, 0.2) is 65.1 Å². The van der Waals surface area contributed by atoms with Gasteiger partial charge in [0.1, 0.15) is 0 Å². The fraction of sp³-hybridized carbons (Fsp3) is 0.458. The predicted molar refractivity (Wildman–Crippen MR) is 118 cm³/mol. The van der Waals surface area contributed by atoms with E-state index in [1.54, 1.807) is 24.3 Å². The largest absolute Gasteiger partial charge is 0.342 e. The molecule has 30 heavy (non-hydrogen) atoms. The maximum atomic E-state index is 12.7. The van der Waals surface area contributed by atoms with Gasteiger partial charge in [0.05, 0.1) is 11.5 Å². The molecule has 0 bridgehead atoms. The quantitative estimate of drug-likeness (QED) is 0.634. The molecule has 0 saturated carbocycles. The molecule has 5 nitrogen and oxygen atoms in total. The lowest BCUT2D eigenvalue weighted by Gasteiger charge is -2.19. The van der Waals surface area contributed by atoms with Crippen molar-refractivity contribution in [2.45, 2.75) is 39.0 Å². The van der Waals surface area contributed by atoms with Gasteiger partial charge >= 0.3 is 0 Å². The van der Waals surface area contributed by atoms with Gasteiger partial charge in [-0.25, -0.2) is 0 Å². The third kappa shape index (κ3) is 5.29. The maximum Gasteiger partial charge on any atom is 0.296 e. The molecule has 1 fully saturated rings. The molecule has 162 valence electrons. The lowest BCUT2D eigenvalue weighted by Crippen LogP contribution is -2.28. The summed E-state index contributed by atoms with van der Waals surface area (Å²) in [7, 11) is -3.84. The summed E-state index contributed by atoms with van der Waals surface area (Å²) >= 11 is 0. The molecular weight excluding hydrogens is 398 g/mol. The molecule has 0 spiro atoms. The van der Waals surface area contributed by atoms with Gasteiger partial charge in [0, 0.05) is 36.8 Å². The van der Waals surface area contributed by atoms with Crippen LogP contribution in [0.3, 0.4) is 0 Å². The second-order valence-electron chi connectivity index (χ2n) is 8.75. The van der Waals surface area contributed by atoms with Crippen molar-refractivity contribution in [3.05, 3.63) is 65.8 Å². The first kappa shape index (κ1) is 22.5. The fourth-order valence-electron chi connectivity index (χ4n) is 3.87. The molecule has 6 heteroatoms. The van der Waals surface area contributed by atoms with Crippen molar-refractivity contribution in [3.63, 3.8) is 0 Å². The van der Waals surface area contributed by atoms with E-state index in [4.69, 9.17) is 4.18 Å². The van der Waals surface area contributed by atoms with Crippen LogP contribution < -0.4 is 0 Å². The predicted octanol–water partition coefficient (Wildman–Crippen LogP) is 4.26. The van der Waals surface area contributed by atoms with Crippen molar-refractivity contribution in [1.82, 2.24) is 4.90 Å². The van der Waals surface area contributed by atoms with Gasteiger partial charge in [0.25, 0.3) is 10.1 Å². The third-order valence-corrected chi connectivity index (χ3v) is 7.09. The standard InChI is InChI=1S/C24H31NO4S/c1-5-23(26)25-15-20(17-29-30(27,28)21-10-8-18(2)9-11-21)22(16-25)19-7-6-13-24(3,4)14-12-19/h6-14,20,22H,5,15-17H2,1-4H3. The van der Waals surface area contributed by atoms with E-state index >= 15 is 0 Å². The third-order valence-electron chi connectivity index (χ3n) is 5.79. The number of aryl methyl sites for hydroxylation is 1. The number of rotatable bonds is 6. The first-order chi connectivity index (χ1) is 14.1. The minimum absolute atomic E-state index is 0.0310. The number of carbonyl (C=O) groups is 1. The number of likely N-dealkylation sites (tertiary alicyclic amines) is 1. The number of allylic oxidation sites excluding steroid dienone is 5. The SMILES string of the molecule is CCC(=O)N1CC(COS(=O)(=O)c2ccc(C)cc2)C(C2=CC=CC(C)(C)C=C2)C1. The molecule has 1 amide bonds. The Kier molecular flexibility index (Phi) is 6.68. The monoisotopic (exact) mass is 429 g/mol. The number of hydrogen-bond donors (Lipinski definition) is 0. The summed E-state index contributed by atoms with van der Waals surface area (Å²) in [6.07, 6.45) is 10.9. The lowest BCUT2D eigenvalue weighted by molar-refractivity contribution is -0.130. The summed E-state index contributed by atoms with van der Waals surface area (Å²) in [4.78, 5) is 14.3. The van der Waals surface area contributed by atoms with Crippen LogP contribution in [0.2, 0.25) is 0 Å². The van der Waals surface area contributed by atoms with Crippen molar-refractivity contribution in [2.24, 2.45) is 17.3 Å². The zero-order valence-corrected chi connectivity index (χ0v) is 19.0. The van der Waals surface area contributed by atoms with E-state index in [-0.39, 0.29) is 34.7 Å². The van der Waals surface area contributed by atoms with Gasteiger partial charge in [-0.3, -0.25) is 8.98 Å². The Morgan fingerprint density at radius 2 is 1.87 bits per heavy atom. The Morgan fingerprint density at radius 3 is 2.53 bits per heavy atom. The first-order valence-corrected chi connectivity index (χ1v) is 11.8. The van der Waals surface area contributed by atoms with Gasteiger partial charge in [-0.05, 0) is 24.6 Å². The first-order valence-electron chi connectivity index (χ1n) is 10.4. The Labute approximate surface area is 180 Å². The number of nitrogens with zero attached hydrogens (tertiary/aromatic N) is 1. The Hall–Kier alpha value is -2.18. The van der Waals surface area contributed by atoms with Crippen molar-refractivity contribution in [3.8, 4) is 0 Å². The average Bonchev–Trinajstić information content (AvgIpc) is 3.04. The molecule has 2 aliphatic rings. The molecule has 1 aliphatic heterocycles. The zero-order chi connectivity index (χ0) is 21.9. The van der Waals surface area contributed by atoms with Gasteiger partial charge in [-0.15, -0.1) is 0 Å². The normalized spacial score (nSPS) is 23.3. The Bertz CT molecular complexity index is 971. The van der Waals surface area contributed by atoms with Crippen LogP contribution in [0.5, 0.6) is 0 Å². The van der Waals surface area contributed by atoms with Crippen LogP contribution in [-0.4, -0.2) is 38.9 Å². The minimum atomic E-state index is -3.84. The van der Waals surface area contributed by atoms with Crippen LogP contribution in [-0.2, 0) is 19.1 Å². The van der Waals surface area contributed by atoms with Crippen LogP contribution in [0.1, 0.15) is 32.8 Å². The minimum Gasteiger partial charge on any atom is -0.342 e. The highest BCUT2D eigenvalue weighted by molar-refractivity contribution is 7.86. The zero-order valence-electron chi connectivity index (χ0n) is 18.2. The van der Waals surface area contributed by atoms with Crippen molar-refractivity contribution < 1.29 is 17.4 Å². The van der Waals surface area contributed by atoms with Crippen molar-refractivity contribution in [2.75, 3.05) is 19.7 Å². The van der Waals surface area contributed by atoms with Crippen LogP contribution in [0.25, 0.3) is 0 Å². The van der Waals surface area contributed by atoms with Crippen LogP contribution in [0.4, 0.5) is 0 Å². The molecule has 1 aliphatic carbocycles. The van der Waals surface area contributed by atoms with Gasteiger partial charge in [0.15, 0.2) is 0 Å². The Morgan fingerprint density at radius 1 is 1.17 bits per heavy atom. The molecule has 1 aromatic rings. The van der Waals surface area contributed by atoms with E-state index in [0.717, 1.165) is 11.1 Å². The van der Waals surface area contributed by atoms with Crippen LogP contribution in [0, 0.1) is 24.2 Å². The summed E-state index contributed by atoms with van der Waals surface area (Å²) in [5, 5.41) is 0. The molecular formula is C24H31NO4S.